The summed E-state index contributed by atoms with van der Waals surface area (Å²) in [4.78, 5) is 17.3. The minimum Gasteiger partial charge on any atom is -0.493 e. The molecule has 2 heterocycles. The molecule has 0 amide bonds. The third-order valence-corrected chi connectivity index (χ3v) is 4.54. The van der Waals surface area contributed by atoms with Crippen molar-refractivity contribution in [2.45, 2.75) is 20.3 Å². The predicted octanol–water partition coefficient (Wildman–Crippen LogP) is 3.86. The fraction of sp³-hybridized carbons (Fsp3) is 0.182. The summed E-state index contributed by atoms with van der Waals surface area (Å²) in [6, 6.07) is 16.3. The van der Waals surface area contributed by atoms with Crippen LogP contribution in [0.1, 0.15) is 27.8 Å². The van der Waals surface area contributed by atoms with Crippen molar-refractivity contribution in [2.75, 3.05) is 6.61 Å². The summed E-state index contributed by atoms with van der Waals surface area (Å²) in [6.07, 6.45) is 0.638. The molecule has 2 aromatic heterocycles. The van der Waals surface area contributed by atoms with Gasteiger partial charge in [-0.2, -0.15) is 4.80 Å². The topological polar surface area (TPSA) is 103 Å². The Morgan fingerprint density at radius 2 is 1.80 bits per heavy atom. The van der Waals surface area contributed by atoms with E-state index in [1.807, 2.05) is 44.2 Å². The van der Waals surface area contributed by atoms with E-state index in [-0.39, 0.29) is 5.69 Å². The van der Waals surface area contributed by atoms with E-state index in [0.717, 1.165) is 11.5 Å². The third-order valence-electron chi connectivity index (χ3n) is 4.54. The van der Waals surface area contributed by atoms with E-state index in [4.69, 9.17) is 9.15 Å². The Labute approximate surface area is 172 Å². The standard InChI is InChI=1S/C22H20N4O4/c1-14-19(23-15(2)30-14)12-13-29-18-10-8-16(9-11-18)20-21(22(27)28)25-26(24-20)17-6-4-3-5-7-17/h3-11H,12-13H2,1-2H3,(H,27,28). The molecule has 4 rings (SSSR count). The summed E-state index contributed by atoms with van der Waals surface area (Å²) in [5.74, 6) is 0.980. The van der Waals surface area contributed by atoms with Gasteiger partial charge in [-0.25, -0.2) is 9.78 Å². The van der Waals surface area contributed by atoms with Crippen LogP contribution >= 0.6 is 0 Å². The monoisotopic (exact) mass is 404 g/mol. The molecule has 4 aromatic rings. The van der Waals surface area contributed by atoms with Crippen molar-refractivity contribution in [3.05, 3.63) is 77.6 Å². The Morgan fingerprint density at radius 3 is 2.43 bits per heavy atom. The van der Waals surface area contributed by atoms with E-state index in [9.17, 15) is 9.90 Å². The van der Waals surface area contributed by atoms with Gasteiger partial charge in [-0.05, 0) is 43.3 Å². The molecule has 0 aliphatic rings. The first-order valence-electron chi connectivity index (χ1n) is 9.43. The van der Waals surface area contributed by atoms with E-state index in [1.54, 1.807) is 24.3 Å². The molecule has 0 unspecified atom stereocenters. The summed E-state index contributed by atoms with van der Waals surface area (Å²) in [7, 11) is 0. The largest absolute Gasteiger partial charge is 0.493 e. The van der Waals surface area contributed by atoms with Gasteiger partial charge in [0.25, 0.3) is 0 Å². The van der Waals surface area contributed by atoms with Crippen LogP contribution in [0.25, 0.3) is 16.9 Å². The molecule has 0 atom stereocenters. The number of ether oxygens (including phenoxy) is 1. The predicted molar refractivity (Wildman–Crippen MR) is 109 cm³/mol. The maximum Gasteiger partial charge on any atom is 0.358 e. The number of rotatable bonds is 7. The number of aromatic nitrogens is 4. The lowest BCUT2D eigenvalue weighted by Crippen LogP contribution is -2.03. The Morgan fingerprint density at radius 1 is 1.07 bits per heavy atom. The molecular formula is C22H20N4O4. The van der Waals surface area contributed by atoms with Gasteiger partial charge in [0.1, 0.15) is 17.2 Å². The minimum atomic E-state index is -1.13. The van der Waals surface area contributed by atoms with Crippen molar-refractivity contribution >= 4 is 5.97 Å². The highest BCUT2D eigenvalue weighted by Crippen LogP contribution is 2.24. The molecule has 1 N–H and O–H groups in total. The van der Waals surface area contributed by atoms with Crippen LogP contribution in [-0.2, 0) is 6.42 Å². The second kappa shape index (κ2) is 8.20. The van der Waals surface area contributed by atoms with Crippen LogP contribution in [0.4, 0.5) is 0 Å². The van der Waals surface area contributed by atoms with Crippen LogP contribution in [-0.4, -0.2) is 37.7 Å². The number of aromatic carboxylic acids is 1. The molecule has 0 radical (unpaired) electrons. The summed E-state index contributed by atoms with van der Waals surface area (Å²) in [5, 5.41) is 18.0. The van der Waals surface area contributed by atoms with Crippen molar-refractivity contribution < 1.29 is 19.1 Å². The number of hydrogen-bond donors (Lipinski definition) is 1. The van der Waals surface area contributed by atoms with E-state index < -0.39 is 5.97 Å². The summed E-state index contributed by atoms with van der Waals surface area (Å²) in [5.41, 5.74) is 2.40. The average molecular weight is 404 g/mol. The van der Waals surface area contributed by atoms with Gasteiger partial charge < -0.3 is 14.3 Å². The molecule has 8 heteroatoms. The lowest BCUT2D eigenvalue weighted by Gasteiger charge is -2.06. The van der Waals surface area contributed by atoms with Gasteiger partial charge in [0.2, 0.25) is 0 Å². The highest BCUT2D eigenvalue weighted by atomic mass is 16.5. The molecule has 8 nitrogen and oxygen atoms in total. The van der Waals surface area contributed by atoms with Crippen LogP contribution in [0.5, 0.6) is 5.75 Å². The summed E-state index contributed by atoms with van der Waals surface area (Å²) >= 11 is 0. The van der Waals surface area contributed by atoms with Crippen molar-refractivity contribution in [2.24, 2.45) is 0 Å². The number of oxazole rings is 1. The number of para-hydroxylation sites is 1. The zero-order valence-corrected chi connectivity index (χ0v) is 16.6. The first-order chi connectivity index (χ1) is 14.5. The first kappa shape index (κ1) is 19.4. The van der Waals surface area contributed by atoms with E-state index >= 15 is 0 Å². The molecule has 0 spiro atoms. The lowest BCUT2D eigenvalue weighted by atomic mass is 10.1. The highest BCUT2D eigenvalue weighted by Gasteiger charge is 2.20. The van der Waals surface area contributed by atoms with Gasteiger partial charge in [-0.15, -0.1) is 10.2 Å². The van der Waals surface area contributed by atoms with Crippen molar-refractivity contribution in [3.63, 3.8) is 0 Å². The normalized spacial score (nSPS) is 10.9. The molecule has 2 aromatic carbocycles. The van der Waals surface area contributed by atoms with Crippen molar-refractivity contribution in [3.8, 4) is 22.7 Å². The van der Waals surface area contributed by atoms with Crippen molar-refractivity contribution in [1.82, 2.24) is 20.0 Å². The molecule has 152 valence electrons. The van der Waals surface area contributed by atoms with Gasteiger partial charge in [0, 0.05) is 18.9 Å². The van der Waals surface area contributed by atoms with Crippen LogP contribution in [0, 0.1) is 13.8 Å². The number of hydrogen-bond acceptors (Lipinski definition) is 6. The smallest absolute Gasteiger partial charge is 0.358 e. The molecule has 0 bridgehead atoms. The summed E-state index contributed by atoms with van der Waals surface area (Å²) in [6.45, 7) is 4.15. The Bertz CT molecular complexity index is 1160. The Balaban J connectivity index is 1.50. The Hall–Kier alpha value is -3.94. The lowest BCUT2D eigenvalue weighted by molar-refractivity contribution is 0.0691. The Kier molecular flexibility index (Phi) is 5.30. The fourth-order valence-corrected chi connectivity index (χ4v) is 3.10. The fourth-order valence-electron chi connectivity index (χ4n) is 3.10. The zero-order chi connectivity index (χ0) is 21.1. The van der Waals surface area contributed by atoms with Gasteiger partial charge in [-0.1, -0.05) is 18.2 Å². The SMILES string of the molecule is Cc1nc(CCOc2ccc(-c3nn(-c4ccccc4)nc3C(=O)O)cc2)c(C)o1. The number of nitrogens with zero attached hydrogens (tertiary/aromatic N) is 4. The van der Waals surface area contributed by atoms with Gasteiger partial charge in [-0.3, -0.25) is 0 Å². The van der Waals surface area contributed by atoms with E-state index in [1.165, 1.54) is 4.80 Å². The molecular weight excluding hydrogens is 384 g/mol. The second-order valence-corrected chi connectivity index (χ2v) is 6.69. The van der Waals surface area contributed by atoms with E-state index in [2.05, 4.69) is 15.2 Å². The molecule has 0 saturated carbocycles. The number of benzene rings is 2. The zero-order valence-electron chi connectivity index (χ0n) is 16.6. The molecule has 30 heavy (non-hydrogen) atoms. The van der Waals surface area contributed by atoms with Crippen LogP contribution in [0.15, 0.2) is 59.0 Å². The number of carbonyl (C=O) groups is 1. The van der Waals surface area contributed by atoms with Gasteiger partial charge in [0.15, 0.2) is 11.6 Å². The minimum absolute atomic E-state index is 0.107. The highest BCUT2D eigenvalue weighted by molar-refractivity contribution is 5.92. The van der Waals surface area contributed by atoms with Gasteiger partial charge >= 0.3 is 5.97 Å². The maximum atomic E-state index is 11.7. The maximum absolute atomic E-state index is 11.7. The van der Waals surface area contributed by atoms with Crippen molar-refractivity contribution in [1.29, 1.82) is 0 Å². The summed E-state index contributed by atoms with van der Waals surface area (Å²) < 4.78 is 11.2. The molecule has 0 aliphatic heterocycles. The van der Waals surface area contributed by atoms with Gasteiger partial charge in [0.05, 0.1) is 18.0 Å². The molecule has 0 fully saturated rings. The molecule has 0 saturated heterocycles. The van der Waals surface area contributed by atoms with Crippen LogP contribution in [0.3, 0.4) is 0 Å². The van der Waals surface area contributed by atoms with E-state index in [0.29, 0.717) is 41.6 Å². The number of carboxylic acids is 1. The second-order valence-electron chi connectivity index (χ2n) is 6.69. The number of aryl methyl sites for hydroxylation is 2. The molecule has 0 aliphatic carbocycles. The average Bonchev–Trinajstić information content (AvgIpc) is 3.33. The van der Waals surface area contributed by atoms with Crippen LogP contribution < -0.4 is 4.74 Å². The number of carboxylic acid groups (broad SMARTS) is 1. The third kappa shape index (κ3) is 4.07. The quantitative estimate of drug-likeness (QED) is 0.499. The van der Waals surface area contributed by atoms with Crippen LogP contribution in [0.2, 0.25) is 0 Å². The first-order valence-corrected chi connectivity index (χ1v) is 9.43.